The number of nitrogens with zero attached hydrogens (tertiary/aromatic N) is 2. The van der Waals surface area contributed by atoms with Crippen molar-refractivity contribution in [3.05, 3.63) is 71.8 Å². The molecule has 0 aliphatic carbocycles. The minimum Gasteiger partial charge on any atom is -0.340 e. The molecule has 2 aromatic rings. The van der Waals surface area contributed by atoms with Crippen LogP contribution in [0.2, 0.25) is 0 Å². The zero-order chi connectivity index (χ0) is 19.5. The Kier molecular flexibility index (Phi) is 6.93. The van der Waals surface area contributed by atoms with Crippen molar-refractivity contribution >= 4 is 24.2 Å². The molecular weight excluding hydrogens is 386 g/mol. The van der Waals surface area contributed by atoms with E-state index in [-0.39, 0.29) is 42.1 Å². The van der Waals surface area contributed by atoms with Gasteiger partial charge in [-0.15, -0.1) is 12.4 Å². The number of carbonyl (C=O) groups excluding carboxylic acids is 2. The van der Waals surface area contributed by atoms with Gasteiger partial charge in [0.25, 0.3) is 5.91 Å². The molecule has 2 fully saturated rings. The number of hydrogen-bond donors (Lipinski definition) is 1. The Labute approximate surface area is 178 Å². The summed E-state index contributed by atoms with van der Waals surface area (Å²) < 4.78 is 0. The van der Waals surface area contributed by atoms with E-state index in [1.54, 1.807) is 0 Å². The maximum atomic E-state index is 13.0. The number of amides is 2. The lowest BCUT2D eigenvalue weighted by Gasteiger charge is -2.33. The van der Waals surface area contributed by atoms with E-state index in [4.69, 9.17) is 5.73 Å². The molecule has 29 heavy (non-hydrogen) atoms. The second kappa shape index (κ2) is 9.42. The predicted molar refractivity (Wildman–Crippen MR) is 116 cm³/mol. The molecule has 2 aliphatic heterocycles. The monoisotopic (exact) mass is 413 g/mol. The van der Waals surface area contributed by atoms with Crippen molar-refractivity contribution in [3.8, 4) is 0 Å². The zero-order valence-corrected chi connectivity index (χ0v) is 17.3. The van der Waals surface area contributed by atoms with Gasteiger partial charge in [0, 0.05) is 49.6 Å². The van der Waals surface area contributed by atoms with Gasteiger partial charge < -0.3 is 15.5 Å². The molecule has 4 rings (SSSR count). The van der Waals surface area contributed by atoms with Gasteiger partial charge in [-0.3, -0.25) is 9.59 Å². The second-order valence-corrected chi connectivity index (χ2v) is 7.86. The van der Waals surface area contributed by atoms with Gasteiger partial charge in [-0.1, -0.05) is 48.5 Å². The summed E-state index contributed by atoms with van der Waals surface area (Å²) in [4.78, 5) is 29.4. The molecule has 0 radical (unpaired) electrons. The number of halogens is 1. The van der Waals surface area contributed by atoms with Gasteiger partial charge in [0.05, 0.1) is 0 Å². The Morgan fingerprint density at radius 3 is 2.03 bits per heavy atom. The Hall–Kier alpha value is -2.37. The van der Waals surface area contributed by atoms with Crippen molar-refractivity contribution in [2.24, 2.45) is 11.7 Å². The highest BCUT2D eigenvalue weighted by Crippen LogP contribution is 2.29. The predicted octanol–water partition coefficient (Wildman–Crippen LogP) is 2.91. The lowest BCUT2D eigenvalue weighted by atomic mass is 9.94. The number of nitrogens with two attached hydrogens (primary N) is 1. The van der Waals surface area contributed by atoms with Gasteiger partial charge in [0.2, 0.25) is 5.91 Å². The second-order valence-electron chi connectivity index (χ2n) is 7.86. The van der Waals surface area contributed by atoms with E-state index in [1.165, 1.54) is 5.56 Å². The highest BCUT2D eigenvalue weighted by Gasteiger charge is 2.37. The van der Waals surface area contributed by atoms with Crippen LogP contribution in [0.1, 0.15) is 34.7 Å². The first-order valence-electron chi connectivity index (χ1n) is 10.1. The smallest absolute Gasteiger partial charge is 0.253 e. The fraction of sp³-hybridized carbons (Fsp3) is 0.391. The Bertz CT molecular complexity index is 823. The summed E-state index contributed by atoms with van der Waals surface area (Å²) in [6.45, 7) is 2.56. The molecule has 0 saturated carbocycles. The minimum absolute atomic E-state index is 0. The van der Waals surface area contributed by atoms with E-state index >= 15 is 0 Å². The average molecular weight is 414 g/mol. The van der Waals surface area contributed by atoms with Crippen LogP contribution in [0, 0.1) is 5.92 Å². The molecule has 2 amide bonds. The Morgan fingerprint density at radius 1 is 0.828 bits per heavy atom. The van der Waals surface area contributed by atoms with Crippen LogP contribution >= 0.6 is 12.4 Å². The van der Waals surface area contributed by atoms with Crippen LogP contribution in [0.4, 0.5) is 0 Å². The van der Waals surface area contributed by atoms with Crippen molar-refractivity contribution in [1.29, 1.82) is 0 Å². The Balaban J connectivity index is 0.00000240. The fourth-order valence-corrected chi connectivity index (χ4v) is 4.41. The number of piperidine rings is 1. The SMILES string of the molecule is Cl.N[C@@H]1CN(C(=O)C2CCN(C(=O)c3ccccc3)CC2)C[C@H]1c1ccccc1. The Morgan fingerprint density at radius 2 is 1.41 bits per heavy atom. The van der Waals surface area contributed by atoms with E-state index in [0.717, 1.165) is 12.8 Å². The van der Waals surface area contributed by atoms with Gasteiger partial charge >= 0.3 is 0 Å². The summed E-state index contributed by atoms with van der Waals surface area (Å²) in [6, 6.07) is 19.5. The zero-order valence-electron chi connectivity index (χ0n) is 16.4. The molecule has 154 valence electrons. The molecule has 2 heterocycles. The van der Waals surface area contributed by atoms with Crippen LogP contribution in [0.15, 0.2) is 60.7 Å². The van der Waals surface area contributed by atoms with Crippen LogP contribution in [0.5, 0.6) is 0 Å². The number of benzene rings is 2. The average Bonchev–Trinajstić information content (AvgIpc) is 3.15. The molecule has 0 aromatic heterocycles. The van der Waals surface area contributed by atoms with Crippen molar-refractivity contribution in [1.82, 2.24) is 9.80 Å². The molecule has 0 unspecified atom stereocenters. The molecule has 2 aliphatic rings. The molecule has 2 saturated heterocycles. The van der Waals surface area contributed by atoms with Gasteiger partial charge in [-0.25, -0.2) is 0 Å². The van der Waals surface area contributed by atoms with E-state index in [9.17, 15) is 9.59 Å². The van der Waals surface area contributed by atoms with Crippen molar-refractivity contribution in [2.75, 3.05) is 26.2 Å². The number of likely N-dealkylation sites (tertiary alicyclic amines) is 2. The lowest BCUT2D eigenvalue weighted by molar-refractivity contribution is -0.135. The molecule has 6 heteroatoms. The summed E-state index contributed by atoms with van der Waals surface area (Å²) in [5.74, 6) is 0.436. The quantitative estimate of drug-likeness (QED) is 0.841. The van der Waals surface area contributed by atoms with E-state index in [0.29, 0.717) is 31.7 Å². The first-order valence-corrected chi connectivity index (χ1v) is 10.1. The maximum Gasteiger partial charge on any atom is 0.253 e. The molecule has 0 bridgehead atoms. The standard InChI is InChI=1S/C23H27N3O2.ClH/c24-21-16-26(15-20(21)17-7-3-1-4-8-17)23(28)19-11-13-25(14-12-19)22(27)18-9-5-2-6-10-18;/h1-10,19-21H,11-16,24H2;1H/t20-,21+;/m0./s1. The summed E-state index contributed by atoms with van der Waals surface area (Å²) in [6.07, 6.45) is 1.44. The third-order valence-corrected chi connectivity index (χ3v) is 6.06. The molecule has 2 N–H and O–H groups in total. The molecular formula is C23H28ClN3O2. The first-order chi connectivity index (χ1) is 13.6. The van der Waals surface area contributed by atoms with Gasteiger partial charge in [-0.2, -0.15) is 0 Å². The normalized spacial score (nSPS) is 22.2. The van der Waals surface area contributed by atoms with Crippen LogP contribution < -0.4 is 5.73 Å². The highest BCUT2D eigenvalue weighted by atomic mass is 35.5. The number of carbonyl (C=O) groups is 2. The topological polar surface area (TPSA) is 66.6 Å². The van der Waals surface area contributed by atoms with Crippen LogP contribution in [-0.4, -0.2) is 53.8 Å². The van der Waals surface area contributed by atoms with Crippen molar-refractivity contribution in [2.45, 2.75) is 24.8 Å². The van der Waals surface area contributed by atoms with Gasteiger partial charge in [0.15, 0.2) is 0 Å². The third kappa shape index (κ3) is 4.62. The number of rotatable bonds is 3. The molecule has 2 aromatic carbocycles. The third-order valence-electron chi connectivity index (χ3n) is 6.06. The van der Waals surface area contributed by atoms with E-state index in [2.05, 4.69) is 12.1 Å². The van der Waals surface area contributed by atoms with Crippen LogP contribution in [0.3, 0.4) is 0 Å². The summed E-state index contributed by atoms with van der Waals surface area (Å²) in [5, 5.41) is 0. The van der Waals surface area contributed by atoms with Gasteiger partial charge in [-0.05, 0) is 30.5 Å². The van der Waals surface area contributed by atoms with E-state index < -0.39 is 0 Å². The van der Waals surface area contributed by atoms with E-state index in [1.807, 2.05) is 58.3 Å². The van der Waals surface area contributed by atoms with Crippen LogP contribution in [-0.2, 0) is 4.79 Å². The van der Waals surface area contributed by atoms with Crippen molar-refractivity contribution < 1.29 is 9.59 Å². The summed E-state index contributed by atoms with van der Waals surface area (Å²) in [7, 11) is 0. The highest BCUT2D eigenvalue weighted by molar-refractivity contribution is 5.94. The van der Waals surface area contributed by atoms with Gasteiger partial charge in [0.1, 0.15) is 0 Å². The number of hydrogen-bond acceptors (Lipinski definition) is 3. The van der Waals surface area contributed by atoms with Crippen molar-refractivity contribution in [3.63, 3.8) is 0 Å². The largest absolute Gasteiger partial charge is 0.340 e. The molecule has 5 nitrogen and oxygen atoms in total. The maximum absolute atomic E-state index is 13.0. The fourth-order valence-electron chi connectivity index (χ4n) is 4.41. The molecule has 2 atom stereocenters. The summed E-state index contributed by atoms with van der Waals surface area (Å²) in [5.41, 5.74) is 8.26. The lowest BCUT2D eigenvalue weighted by Crippen LogP contribution is -2.44. The van der Waals surface area contributed by atoms with Crippen LogP contribution in [0.25, 0.3) is 0 Å². The minimum atomic E-state index is -0.0221. The first kappa shape index (κ1) is 21.3. The molecule has 0 spiro atoms. The summed E-state index contributed by atoms with van der Waals surface area (Å²) >= 11 is 0.